The highest BCUT2D eigenvalue weighted by Crippen LogP contribution is 2.34. The van der Waals surface area contributed by atoms with Crippen molar-refractivity contribution in [2.45, 2.75) is 33.1 Å². The molecule has 0 saturated heterocycles. The molecule has 0 aliphatic rings. The van der Waals surface area contributed by atoms with Crippen molar-refractivity contribution >= 4 is 17.6 Å². The Morgan fingerprint density at radius 2 is 2.06 bits per heavy atom. The Labute approximate surface area is 106 Å². The van der Waals surface area contributed by atoms with E-state index in [9.17, 15) is 4.79 Å². The van der Waals surface area contributed by atoms with Crippen LogP contribution >= 0.6 is 11.6 Å². The molecule has 0 spiro atoms. The molecule has 0 bridgehead atoms. The summed E-state index contributed by atoms with van der Waals surface area (Å²) < 4.78 is 5.34. The average molecular weight is 257 g/mol. The number of halogens is 1. The fourth-order valence-corrected chi connectivity index (χ4v) is 2.19. The second kappa shape index (κ2) is 5.92. The summed E-state index contributed by atoms with van der Waals surface area (Å²) in [6.45, 7) is 3.90. The molecule has 1 rings (SSSR count). The first-order valence-electron chi connectivity index (χ1n) is 5.51. The van der Waals surface area contributed by atoms with Crippen molar-refractivity contribution in [1.29, 1.82) is 0 Å². The van der Waals surface area contributed by atoms with Crippen molar-refractivity contribution in [3.05, 3.63) is 27.8 Å². The summed E-state index contributed by atoms with van der Waals surface area (Å²) in [6.07, 6.45) is 1.33. The molecule has 1 N–H and O–H groups in total. The lowest BCUT2D eigenvalue weighted by molar-refractivity contribution is -0.137. The maximum absolute atomic E-state index is 10.5. The molecule has 1 aromatic rings. The molecule has 94 valence electrons. The Morgan fingerprint density at radius 3 is 2.59 bits per heavy atom. The zero-order chi connectivity index (χ0) is 13.0. The Hall–Kier alpha value is -1.22. The van der Waals surface area contributed by atoms with E-state index in [0.717, 1.165) is 22.4 Å². The Kier molecular flexibility index (Phi) is 4.82. The van der Waals surface area contributed by atoms with Gasteiger partial charge in [0.05, 0.1) is 12.1 Å². The van der Waals surface area contributed by atoms with Gasteiger partial charge in [0.15, 0.2) is 0 Å². The molecule has 0 unspecified atom stereocenters. The number of benzene rings is 1. The van der Waals surface area contributed by atoms with Crippen molar-refractivity contribution in [3.8, 4) is 5.75 Å². The van der Waals surface area contributed by atoms with Crippen LogP contribution in [0.15, 0.2) is 6.07 Å². The van der Waals surface area contributed by atoms with Crippen LogP contribution in [0.3, 0.4) is 0 Å². The molecule has 0 radical (unpaired) electrons. The number of aliphatic carboxylic acids is 1. The van der Waals surface area contributed by atoms with Crippen molar-refractivity contribution in [2.24, 2.45) is 0 Å². The summed E-state index contributed by atoms with van der Waals surface area (Å²) in [7, 11) is 1.61. The molecule has 1 aromatic carbocycles. The van der Waals surface area contributed by atoms with Crippen LogP contribution in [0.2, 0.25) is 5.02 Å². The molecule has 0 aromatic heterocycles. The van der Waals surface area contributed by atoms with E-state index in [4.69, 9.17) is 21.4 Å². The summed E-state index contributed by atoms with van der Waals surface area (Å²) in [4.78, 5) is 10.5. The van der Waals surface area contributed by atoms with Crippen molar-refractivity contribution < 1.29 is 14.6 Å². The second-order valence-corrected chi connectivity index (χ2v) is 4.46. The van der Waals surface area contributed by atoms with Gasteiger partial charge in [0.1, 0.15) is 5.75 Å². The Bertz CT molecular complexity index is 427. The number of ether oxygens (including phenoxy) is 1. The summed E-state index contributed by atoms with van der Waals surface area (Å²) in [5.74, 6) is -0.0181. The summed E-state index contributed by atoms with van der Waals surface area (Å²) >= 11 is 6.24. The molecule has 0 saturated carbocycles. The highest BCUT2D eigenvalue weighted by Gasteiger charge is 2.13. The molecule has 0 heterocycles. The molecule has 4 heteroatoms. The zero-order valence-corrected chi connectivity index (χ0v) is 11.1. The number of carboxylic acid groups (broad SMARTS) is 1. The minimum atomic E-state index is -0.788. The van der Waals surface area contributed by atoms with Crippen LogP contribution in [0.25, 0.3) is 0 Å². The third-order valence-corrected chi connectivity index (χ3v) is 3.22. The first-order chi connectivity index (χ1) is 7.97. The summed E-state index contributed by atoms with van der Waals surface area (Å²) in [6, 6.07) is 1.97. The van der Waals surface area contributed by atoms with Crippen LogP contribution in [-0.2, 0) is 11.2 Å². The molecule has 0 fully saturated rings. The van der Waals surface area contributed by atoms with E-state index < -0.39 is 5.97 Å². The molecule has 0 atom stereocenters. The predicted octanol–water partition coefficient (Wildman–Crippen LogP) is 3.37. The van der Waals surface area contributed by atoms with Gasteiger partial charge in [0.2, 0.25) is 0 Å². The first-order valence-corrected chi connectivity index (χ1v) is 5.89. The van der Waals surface area contributed by atoms with E-state index in [2.05, 4.69) is 0 Å². The largest absolute Gasteiger partial charge is 0.496 e. The van der Waals surface area contributed by atoms with E-state index in [1.165, 1.54) is 0 Å². The highest BCUT2D eigenvalue weighted by molar-refractivity contribution is 6.32. The molecule has 17 heavy (non-hydrogen) atoms. The SMILES string of the molecule is COc1c(C)cc(C)c(Cl)c1CCCC(=O)O. The van der Waals surface area contributed by atoms with Gasteiger partial charge in [0.25, 0.3) is 0 Å². The quantitative estimate of drug-likeness (QED) is 0.879. The molecule has 0 amide bonds. The maximum Gasteiger partial charge on any atom is 0.303 e. The first kappa shape index (κ1) is 13.8. The van der Waals surface area contributed by atoms with Gasteiger partial charge in [-0.2, -0.15) is 0 Å². The number of aryl methyl sites for hydroxylation is 2. The molecular weight excluding hydrogens is 240 g/mol. The summed E-state index contributed by atoms with van der Waals surface area (Å²) in [5.41, 5.74) is 2.93. The van der Waals surface area contributed by atoms with Crippen molar-refractivity contribution in [2.75, 3.05) is 7.11 Å². The molecule has 0 aliphatic carbocycles. The number of rotatable bonds is 5. The molecule has 3 nitrogen and oxygen atoms in total. The van der Waals surface area contributed by atoms with Crippen LogP contribution in [0.4, 0.5) is 0 Å². The minimum absolute atomic E-state index is 0.145. The van der Waals surface area contributed by atoms with Crippen LogP contribution in [0, 0.1) is 13.8 Å². The fourth-order valence-electron chi connectivity index (χ4n) is 1.95. The zero-order valence-electron chi connectivity index (χ0n) is 10.3. The lowest BCUT2D eigenvalue weighted by Gasteiger charge is -2.15. The smallest absolute Gasteiger partial charge is 0.303 e. The molecule has 0 aliphatic heterocycles. The van der Waals surface area contributed by atoms with Gasteiger partial charge in [-0.15, -0.1) is 0 Å². The van der Waals surface area contributed by atoms with Gasteiger partial charge in [-0.25, -0.2) is 0 Å². The fraction of sp³-hybridized carbons (Fsp3) is 0.462. The maximum atomic E-state index is 10.5. The number of carboxylic acids is 1. The lowest BCUT2D eigenvalue weighted by atomic mass is 10.0. The van der Waals surface area contributed by atoms with Gasteiger partial charge in [-0.05, 0) is 37.8 Å². The van der Waals surface area contributed by atoms with E-state index >= 15 is 0 Å². The number of methoxy groups -OCH3 is 1. The van der Waals surface area contributed by atoms with Gasteiger partial charge in [-0.1, -0.05) is 17.7 Å². The predicted molar refractivity (Wildman–Crippen MR) is 68.1 cm³/mol. The van der Waals surface area contributed by atoms with Crippen LogP contribution < -0.4 is 4.74 Å². The third-order valence-electron chi connectivity index (χ3n) is 2.70. The number of hydrogen-bond acceptors (Lipinski definition) is 2. The van der Waals surface area contributed by atoms with E-state index in [1.54, 1.807) is 7.11 Å². The van der Waals surface area contributed by atoms with Gasteiger partial charge >= 0.3 is 5.97 Å². The number of carbonyl (C=O) groups is 1. The van der Waals surface area contributed by atoms with E-state index in [0.29, 0.717) is 17.9 Å². The average Bonchev–Trinajstić information content (AvgIpc) is 2.24. The Morgan fingerprint density at radius 1 is 1.41 bits per heavy atom. The van der Waals surface area contributed by atoms with Gasteiger partial charge < -0.3 is 9.84 Å². The number of hydrogen-bond donors (Lipinski definition) is 1. The van der Waals surface area contributed by atoms with Crippen LogP contribution in [0.5, 0.6) is 5.75 Å². The van der Waals surface area contributed by atoms with E-state index in [-0.39, 0.29) is 6.42 Å². The molecular formula is C13H17ClO3. The van der Waals surface area contributed by atoms with Crippen LogP contribution in [-0.4, -0.2) is 18.2 Å². The summed E-state index contributed by atoms with van der Waals surface area (Å²) in [5, 5.41) is 9.31. The van der Waals surface area contributed by atoms with Crippen LogP contribution in [0.1, 0.15) is 29.5 Å². The second-order valence-electron chi connectivity index (χ2n) is 4.08. The van der Waals surface area contributed by atoms with E-state index in [1.807, 2.05) is 19.9 Å². The normalized spacial score (nSPS) is 10.4. The minimum Gasteiger partial charge on any atom is -0.496 e. The standard InChI is InChI=1S/C13H17ClO3/c1-8-7-9(2)13(17-3)10(12(8)14)5-4-6-11(15)16/h7H,4-6H2,1-3H3,(H,15,16). The van der Waals surface area contributed by atoms with Crippen molar-refractivity contribution in [1.82, 2.24) is 0 Å². The van der Waals surface area contributed by atoms with Gasteiger partial charge in [0, 0.05) is 12.0 Å². The highest BCUT2D eigenvalue weighted by atomic mass is 35.5. The third kappa shape index (κ3) is 3.37. The lowest BCUT2D eigenvalue weighted by Crippen LogP contribution is -2.01. The topological polar surface area (TPSA) is 46.5 Å². The van der Waals surface area contributed by atoms with Gasteiger partial charge in [-0.3, -0.25) is 4.79 Å². The van der Waals surface area contributed by atoms with Crippen molar-refractivity contribution in [3.63, 3.8) is 0 Å². The monoisotopic (exact) mass is 256 g/mol. The Balaban J connectivity index is 2.99.